The van der Waals surface area contributed by atoms with Crippen molar-refractivity contribution >= 4 is 25.5 Å². The van der Waals surface area contributed by atoms with Crippen LogP contribution in [0.2, 0.25) is 0 Å². The third-order valence-electron chi connectivity index (χ3n) is 2.60. The molecule has 0 amide bonds. The van der Waals surface area contributed by atoms with Crippen molar-refractivity contribution in [1.29, 1.82) is 0 Å². The van der Waals surface area contributed by atoms with Crippen molar-refractivity contribution in [2.45, 2.75) is 24.4 Å². The molecule has 110 valence electrons. The van der Waals surface area contributed by atoms with E-state index in [1.807, 2.05) is 0 Å². The van der Waals surface area contributed by atoms with E-state index in [-0.39, 0.29) is 0 Å². The van der Waals surface area contributed by atoms with E-state index in [4.69, 9.17) is 10.2 Å². The van der Waals surface area contributed by atoms with E-state index in [1.54, 1.807) is 0 Å². The molecule has 19 heavy (non-hydrogen) atoms. The first-order valence-electron chi connectivity index (χ1n) is 5.04. The molecule has 0 aliphatic rings. The average Bonchev–Trinajstić information content (AvgIpc) is 2.32. The minimum Gasteiger partial charge on any atom is -0.481 e. The molecule has 0 bridgehead atoms. The zero-order chi connectivity index (χ0) is 15.3. The smallest absolute Gasteiger partial charge is 0.348 e. The molecule has 0 aliphatic carbocycles. The predicted molar refractivity (Wildman–Crippen MR) is 61.1 cm³/mol. The molecule has 0 aromatic carbocycles. The average molecular weight is 298 g/mol. The lowest BCUT2D eigenvalue weighted by atomic mass is 9.98. The second-order valence-electron chi connectivity index (χ2n) is 3.66. The normalized spacial score (nSPS) is 14.6. The fourth-order valence-corrected chi connectivity index (χ4v) is 3.41. The van der Waals surface area contributed by atoms with Gasteiger partial charge in [0, 0.05) is 20.6 Å². The van der Waals surface area contributed by atoms with Gasteiger partial charge in [-0.15, -0.1) is 0 Å². The summed E-state index contributed by atoms with van der Waals surface area (Å²) in [6, 6.07) is 0. The van der Waals surface area contributed by atoms with Crippen LogP contribution in [-0.4, -0.2) is 52.6 Å². The first kappa shape index (κ1) is 17.6. The maximum absolute atomic E-state index is 12.3. The van der Waals surface area contributed by atoms with Crippen molar-refractivity contribution in [2.24, 2.45) is 0 Å². The number of hydrogen-bond donors (Lipinski definition) is 3. The monoisotopic (exact) mass is 298 g/mol. The number of carboxylic acid groups (broad SMARTS) is 3. The zero-order valence-corrected chi connectivity index (χ0v) is 11.3. The molecule has 0 spiro atoms. The summed E-state index contributed by atoms with van der Waals surface area (Å²) in [5.41, 5.74) is 0. The molecule has 0 aromatic rings. The van der Waals surface area contributed by atoms with E-state index in [2.05, 4.69) is 9.05 Å². The van der Waals surface area contributed by atoms with Gasteiger partial charge in [-0.25, -0.2) is 0 Å². The maximum Gasteiger partial charge on any atom is 0.348 e. The van der Waals surface area contributed by atoms with Gasteiger partial charge in [0.25, 0.3) is 0 Å². The van der Waals surface area contributed by atoms with Crippen molar-refractivity contribution in [3.8, 4) is 0 Å². The van der Waals surface area contributed by atoms with Crippen LogP contribution >= 0.6 is 7.60 Å². The molecule has 9 nitrogen and oxygen atoms in total. The van der Waals surface area contributed by atoms with Crippen LogP contribution in [-0.2, 0) is 28.0 Å². The van der Waals surface area contributed by atoms with Crippen molar-refractivity contribution in [3.63, 3.8) is 0 Å². The quantitative estimate of drug-likeness (QED) is 0.521. The first-order valence-corrected chi connectivity index (χ1v) is 6.58. The van der Waals surface area contributed by atoms with Gasteiger partial charge in [-0.05, 0) is 6.42 Å². The van der Waals surface area contributed by atoms with Gasteiger partial charge < -0.3 is 24.4 Å². The van der Waals surface area contributed by atoms with Gasteiger partial charge in [-0.3, -0.25) is 18.9 Å². The predicted octanol–water partition coefficient (Wildman–Crippen LogP) is 0.635. The van der Waals surface area contributed by atoms with Gasteiger partial charge in [-0.2, -0.15) is 0 Å². The summed E-state index contributed by atoms with van der Waals surface area (Å²) in [6.45, 7) is 0. The highest BCUT2D eigenvalue weighted by atomic mass is 31.2. The highest BCUT2D eigenvalue weighted by Gasteiger charge is 2.57. The Morgan fingerprint density at radius 2 is 1.53 bits per heavy atom. The molecule has 0 heterocycles. The Balaban J connectivity index is 5.75. The summed E-state index contributed by atoms with van der Waals surface area (Å²) >= 11 is 0. The van der Waals surface area contributed by atoms with Gasteiger partial charge in [-0.1, -0.05) is 0 Å². The molecule has 0 fully saturated rings. The van der Waals surface area contributed by atoms with E-state index in [0.717, 1.165) is 14.2 Å². The van der Waals surface area contributed by atoms with Crippen LogP contribution in [0.1, 0.15) is 19.3 Å². The molecule has 0 saturated heterocycles. The molecule has 0 saturated carbocycles. The summed E-state index contributed by atoms with van der Waals surface area (Å²) in [5.74, 6) is -4.65. The van der Waals surface area contributed by atoms with Crippen molar-refractivity contribution in [1.82, 2.24) is 0 Å². The molecule has 0 aliphatic heterocycles. The summed E-state index contributed by atoms with van der Waals surface area (Å²) in [7, 11) is -2.52. The van der Waals surface area contributed by atoms with E-state index >= 15 is 0 Å². The van der Waals surface area contributed by atoms with Gasteiger partial charge in [0.2, 0.25) is 0 Å². The van der Waals surface area contributed by atoms with Crippen LogP contribution in [0.15, 0.2) is 0 Å². The second kappa shape index (κ2) is 6.65. The summed E-state index contributed by atoms with van der Waals surface area (Å²) in [4.78, 5) is 32.7. The lowest BCUT2D eigenvalue weighted by molar-refractivity contribution is -0.148. The van der Waals surface area contributed by atoms with Crippen molar-refractivity contribution in [3.05, 3.63) is 0 Å². The SMILES string of the molecule is COP(=O)(OC)C(CCC(=O)O)(CC(=O)O)C(=O)O. The summed E-state index contributed by atoms with van der Waals surface area (Å²) in [6.07, 6.45) is -2.45. The Kier molecular flexibility index (Phi) is 6.14. The van der Waals surface area contributed by atoms with Crippen molar-refractivity contribution < 1.29 is 43.3 Å². The van der Waals surface area contributed by atoms with Gasteiger partial charge in [0.1, 0.15) is 0 Å². The number of carboxylic acids is 3. The lowest BCUT2D eigenvalue weighted by Gasteiger charge is -2.32. The Bertz CT molecular complexity index is 410. The minimum atomic E-state index is -4.33. The van der Waals surface area contributed by atoms with Crippen LogP contribution in [0.4, 0.5) is 0 Å². The molecule has 0 aromatic heterocycles. The van der Waals surface area contributed by atoms with Crippen LogP contribution in [0.25, 0.3) is 0 Å². The Hall–Kier alpha value is -1.44. The minimum absolute atomic E-state index is 0.684. The molecular weight excluding hydrogens is 283 g/mol. The van der Waals surface area contributed by atoms with Crippen molar-refractivity contribution in [2.75, 3.05) is 14.2 Å². The Morgan fingerprint density at radius 1 is 1.05 bits per heavy atom. The van der Waals surface area contributed by atoms with Gasteiger partial charge >= 0.3 is 25.5 Å². The van der Waals surface area contributed by atoms with E-state index in [1.165, 1.54) is 0 Å². The largest absolute Gasteiger partial charge is 0.481 e. The van der Waals surface area contributed by atoms with E-state index in [9.17, 15) is 24.1 Å². The number of carbonyl (C=O) groups is 3. The highest BCUT2D eigenvalue weighted by molar-refractivity contribution is 7.56. The van der Waals surface area contributed by atoms with Crippen LogP contribution in [0, 0.1) is 0 Å². The van der Waals surface area contributed by atoms with E-state index < -0.39 is 49.9 Å². The first-order chi connectivity index (χ1) is 8.65. The topological polar surface area (TPSA) is 147 Å². The molecule has 3 N–H and O–H groups in total. The Morgan fingerprint density at radius 3 is 1.79 bits per heavy atom. The van der Waals surface area contributed by atoms with Gasteiger partial charge in [0.15, 0.2) is 5.16 Å². The van der Waals surface area contributed by atoms with Crippen LogP contribution in [0.3, 0.4) is 0 Å². The molecule has 1 atom stereocenters. The summed E-state index contributed by atoms with van der Waals surface area (Å²) in [5, 5.41) is 24.1. The molecule has 0 rings (SSSR count). The standard InChI is InChI=1S/C9H15O9P/c1-17-19(16,18-2)9(8(14)15,5-7(12)13)4-3-6(10)11/h3-5H2,1-2H3,(H,10,11)(H,12,13)(H,14,15). The Labute approximate surface area is 108 Å². The number of rotatable bonds is 9. The number of hydrogen-bond acceptors (Lipinski definition) is 6. The van der Waals surface area contributed by atoms with Gasteiger partial charge in [0.05, 0.1) is 6.42 Å². The molecular formula is C9H15O9P. The fourth-order valence-electron chi connectivity index (χ4n) is 1.61. The third-order valence-corrected chi connectivity index (χ3v) is 5.18. The lowest BCUT2D eigenvalue weighted by Crippen LogP contribution is -2.42. The highest BCUT2D eigenvalue weighted by Crippen LogP contribution is 2.62. The zero-order valence-electron chi connectivity index (χ0n) is 10.4. The molecule has 0 radical (unpaired) electrons. The third kappa shape index (κ3) is 3.76. The van der Waals surface area contributed by atoms with Crippen LogP contribution in [0.5, 0.6) is 0 Å². The molecule has 10 heteroatoms. The fraction of sp³-hybridized carbons (Fsp3) is 0.667. The second-order valence-corrected chi connectivity index (χ2v) is 6.24. The van der Waals surface area contributed by atoms with E-state index in [0.29, 0.717) is 0 Å². The molecule has 1 unspecified atom stereocenters. The number of aliphatic carboxylic acids is 3. The summed E-state index contributed by atoms with van der Waals surface area (Å²) < 4.78 is 21.4. The van der Waals surface area contributed by atoms with Crippen LogP contribution < -0.4 is 0 Å². The maximum atomic E-state index is 12.3.